The lowest BCUT2D eigenvalue weighted by molar-refractivity contribution is -0.385. The molecule has 0 aliphatic heterocycles. The predicted octanol–water partition coefficient (Wildman–Crippen LogP) is 1.98. The van der Waals surface area contributed by atoms with Crippen LogP contribution in [0.2, 0.25) is 0 Å². The molecule has 2 aromatic heterocycles. The number of aromatic nitrogens is 4. The van der Waals surface area contributed by atoms with Gasteiger partial charge in [-0.25, -0.2) is 9.67 Å². The van der Waals surface area contributed by atoms with E-state index in [1.807, 2.05) is 24.3 Å². The van der Waals surface area contributed by atoms with Gasteiger partial charge in [0.15, 0.2) is 0 Å². The van der Waals surface area contributed by atoms with Crippen LogP contribution in [0.4, 0.5) is 5.69 Å². The number of fused-ring (bicyclic) bond motifs is 1. The molecular formula is C12H11N5O2. The highest BCUT2D eigenvalue weighted by Gasteiger charge is 2.26. The van der Waals surface area contributed by atoms with Crippen molar-refractivity contribution < 1.29 is 4.92 Å². The van der Waals surface area contributed by atoms with Crippen LogP contribution in [0.3, 0.4) is 0 Å². The van der Waals surface area contributed by atoms with Gasteiger partial charge >= 0.3 is 5.69 Å². The molecule has 0 saturated carbocycles. The topological polar surface area (TPSA) is 78.8 Å². The van der Waals surface area contributed by atoms with Crippen LogP contribution in [0.15, 0.2) is 30.6 Å². The first-order chi connectivity index (χ1) is 9.09. The van der Waals surface area contributed by atoms with E-state index in [1.54, 1.807) is 24.9 Å². The summed E-state index contributed by atoms with van der Waals surface area (Å²) in [6, 6.07) is 7.48. The van der Waals surface area contributed by atoms with E-state index < -0.39 is 4.92 Å². The third-order valence-corrected chi connectivity index (χ3v) is 3.03. The van der Waals surface area contributed by atoms with Crippen LogP contribution in [0.5, 0.6) is 0 Å². The van der Waals surface area contributed by atoms with Gasteiger partial charge in [0.25, 0.3) is 0 Å². The molecule has 7 heteroatoms. The van der Waals surface area contributed by atoms with Crippen molar-refractivity contribution in [3.05, 3.63) is 46.4 Å². The first kappa shape index (κ1) is 11.4. The standard InChI is InChI=1S/C12H11N5O2/c1-8-11(17(18)19)12(15(2)14-8)16-7-13-9-5-3-4-6-10(9)16/h3-7H,1-2H3. The summed E-state index contributed by atoms with van der Waals surface area (Å²) < 4.78 is 3.19. The van der Waals surface area contributed by atoms with E-state index in [0.29, 0.717) is 11.5 Å². The van der Waals surface area contributed by atoms with Gasteiger partial charge < -0.3 is 0 Å². The highest BCUT2D eigenvalue weighted by Crippen LogP contribution is 2.28. The zero-order chi connectivity index (χ0) is 13.6. The van der Waals surface area contributed by atoms with Crippen molar-refractivity contribution in [2.24, 2.45) is 7.05 Å². The molecule has 0 unspecified atom stereocenters. The second-order valence-corrected chi connectivity index (χ2v) is 4.24. The van der Waals surface area contributed by atoms with Crippen LogP contribution in [0, 0.1) is 17.0 Å². The molecule has 0 amide bonds. The molecule has 0 saturated heterocycles. The highest BCUT2D eigenvalue weighted by molar-refractivity contribution is 5.78. The van der Waals surface area contributed by atoms with Crippen LogP contribution in [0.25, 0.3) is 16.9 Å². The fourth-order valence-corrected chi connectivity index (χ4v) is 2.25. The normalized spacial score (nSPS) is 11.1. The molecular weight excluding hydrogens is 246 g/mol. The van der Waals surface area contributed by atoms with Crippen LogP contribution >= 0.6 is 0 Å². The Labute approximate surface area is 108 Å². The zero-order valence-electron chi connectivity index (χ0n) is 10.4. The summed E-state index contributed by atoms with van der Waals surface area (Å²) >= 11 is 0. The molecule has 1 aromatic carbocycles. The Hall–Kier alpha value is -2.70. The van der Waals surface area contributed by atoms with Crippen molar-refractivity contribution in [1.29, 1.82) is 0 Å². The maximum atomic E-state index is 11.2. The summed E-state index contributed by atoms with van der Waals surface area (Å²) in [5, 5.41) is 15.3. The monoisotopic (exact) mass is 257 g/mol. The van der Waals surface area contributed by atoms with E-state index >= 15 is 0 Å². The number of aryl methyl sites for hydroxylation is 2. The summed E-state index contributed by atoms with van der Waals surface area (Å²) in [6.45, 7) is 1.63. The van der Waals surface area contributed by atoms with E-state index in [1.165, 1.54) is 4.68 Å². The van der Waals surface area contributed by atoms with Crippen LogP contribution in [-0.2, 0) is 7.05 Å². The lowest BCUT2D eigenvalue weighted by atomic mass is 10.3. The van der Waals surface area contributed by atoms with Gasteiger partial charge in [0.1, 0.15) is 12.0 Å². The van der Waals surface area contributed by atoms with Crippen LogP contribution in [0.1, 0.15) is 5.69 Å². The maximum Gasteiger partial charge on any atom is 0.334 e. The largest absolute Gasteiger partial charge is 0.334 e. The molecule has 0 aliphatic carbocycles. The summed E-state index contributed by atoms with van der Waals surface area (Å²) in [5.41, 5.74) is 2.00. The van der Waals surface area contributed by atoms with Crippen molar-refractivity contribution in [3.63, 3.8) is 0 Å². The van der Waals surface area contributed by atoms with E-state index in [0.717, 1.165) is 11.0 Å². The van der Waals surface area contributed by atoms with Gasteiger partial charge in [0.05, 0.1) is 16.0 Å². The Morgan fingerprint density at radius 1 is 1.32 bits per heavy atom. The summed E-state index contributed by atoms with van der Waals surface area (Å²) in [7, 11) is 1.68. The molecule has 19 heavy (non-hydrogen) atoms. The molecule has 0 spiro atoms. The fraction of sp³-hybridized carbons (Fsp3) is 0.167. The predicted molar refractivity (Wildman–Crippen MR) is 69.2 cm³/mol. The first-order valence-corrected chi connectivity index (χ1v) is 5.70. The second-order valence-electron chi connectivity index (χ2n) is 4.24. The van der Waals surface area contributed by atoms with E-state index in [2.05, 4.69) is 10.1 Å². The number of hydrogen-bond donors (Lipinski definition) is 0. The first-order valence-electron chi connectivity index (χ1n) is 5.70. The average molecular weight is 257 g/mol. The summed E-state index contributed by atoms with van der Waals surface area (Å²) in [6.07, 6.45) is 1.58. The lowest BCUT2D eigenvalue weighted by Crippen LogP contribution is -2.04. The number of rotatable bonds is 2. The van der Waals surface area contributed by atoms with Gasteiger partial charge in [0, 0.05) is 7.05 Å². The SMILES string of the molecule is Cc1nn(C)c(-n2cnc3ccccc32)c1[N+](=O)[O-]. The van der Waals surface area contributed by atoms with Gasteiger partial charge in [-0.05, 0) is 19.1 Å². The molecule has 0 N–H and O–H groups in total. The number of benzene rings is 1. The Bertz CT molecular complexity index is 787. The third kappa shape index (κ3) is 1.59. The lowest BCUT2D eigenvalue weighted by Gasteiger charge is -2.03. The molecule has 0 atom stereocenters. The van der Waals surface area contributed by atoms with Gasteiger partial charge in [0.2, 0.25) is 5.82 Å². The maximum absolute atomic E-state index is 11.2. The molecule has 0 bridgehead atoms. The molecule has 96 valence electrons. The molecule has 0 radical (unpaired) electrons. The van der Waals surface area contributed by atoms with Crippen LogP contribution in [-0.4, -0.2) is 24.3 Å². The van der Waals surface area contributed by atoms with Crippen molar-refractivity contribution in [1.82, 2.24) is 19.3 Å². The molecule has 0 aliphatic rings. The minimum Gasteiger partial charge on any atom is -0.277 e. The summed E-state index contributed by atoms with van der Waals surface area (Å²) in [5.74, 6) is 0.413. The Morgan fingerprint density at radius 2 is 2.05 bits per heavy atom. The highest BCUT2D eigenvalue weighted by atomic mass is 16.6. The zero-order valence-corrected chi connectivity index (χ0v) is 10.4. The molecule has 0 fully saturated rings. The fourth-order valence-electron chi connectivity index (χ4n) is 2.25. The van der Waals surface area contributed by atoms with Gasteiger partial charge in [-0.1, -0.05) is 12.1 Å². The van der Waals surface area contributed by atoms with E-state index in [9.17, 15) is 10.1 Å². The van der Waals surface area contributed by atoms with Crippen molar-refractivity contribution in [3.8, 4) is 5.82 Å². The van der Waals surface area contributed by atoms with Gasteiger partial charge in [-0.3, -0.25) is 14.7 Å². The number of hydrogen-bond acceptors (Lipinski definition) is 4. The minimum atomic E-state index is -0.410. The Balaban J connectivity index is 2.36. The van der Waals surface area contributed by atoms with Crippen molar-refractivity contribution >= 4 is 16.7 Å². The van der Waals surface area contributed by atoms with Crippen molar-refractivity contribution in [2.45, 2.75) is 6.92 Å². The Morgan fingerprint density at radius 3 is 2.79 bits per heavy atom. The molecule has 3 rings (SSSR count). The molecule has 3 aromatic rings. The average Bonchev–Trinajstić information content (AvgIpc) is 2.89. The Kier molecular flexibility index (Phi) is 2.34. The molecule has 7 nitrogen and oxygen atoms in total. The number of para-hydroxylation sites is 2. The smallest absolute Gasteiger partial charge is 0.277 e. The second kappa shape index (κ2) is 3.91. The third-order valence-electron chi connectivity index (χ3n) is 3.03. The number of nitro groups is 1. The van der Waals surface area contributed by atoms with Crippen molar-refractivity contribution in [2.75, 3.05) is 0 Å². The summed E-state index contributed by atoms with van der Waals surface area (Å²) in [4.78, 5) is 15.0. The number of imidazole rings is 1. The molecule has 2 heterocycles. The number of nitrogens with zero attached hydrogens (tertiary/aromatic N) is 5. The van der Waals surface area contributed by atoms with E-state index in [4.69, 9.17) is 0 Å². The van der Waals surface area contributed by atoms with E-state index in [-0.39, 0.29) is 5.69 Å². The van der Waals surface area contributed by atoms with Gasteiger partial charge in [-0.15, -0.1) is 0 Å². The van der Waals surface area contributed by atoms with Gasteiger partial charge in [-0.2, -0.15) is 5.10 Å². The minimum absolute atomic E-state index is 0.00523. The van der Waals surface area contributed by atoms with Crippen LogP contribution < -0.4 is 0 Å². The quantitative estimate of drug-likeness (QED) is 0.519.